The Bertz CT molecular complexity index is 1720. The molecule has 226 valence electrons. The van der Waals surface area contributed by atoms with Gasteiger partial charge in [0, 0.05) is 34.7 Å². The molecule has 1 aliphatic heterocycles. The first-order valence-electron chi connectivity index (χ1n) is 13.6. The topological polar surface area (TPSA) is 124 Å². The quantitative estimate of drug-likeness (QED) is 0.179. The van der Waals surface area contributed by atoms with Gasteiger partial charge in [-0.3, -0.25) is 18.5 Å². The summed E-state index contributed by atoms with van der Waals surface area (Å²) < 4.78 is 40.9. The third kappa shape index (κ3) is 6.93. The van der Waals surface area contributed by atoms with Gasteiger partial charge in [0.05, 0.1) is 35.9 Å². The van der Waals surface area contributed by atoms with E-state index in [-0.39, 0.29) is 38.8 Å². The van der Waals surface area contributed by atoms with Crippen molar-refractivity contribution in [3.05, 3.63) is 76.5 Å². The summed E-state index contributed by atoms with van der Waals surface area (Å²) in [5, 5.41) is 9.36. The second-order valence-electron chi connectivity index (χ2n) is 9.80. The van der Waals surface area contributed by atoms with Gasteiger partial charge in [0.25, 0.3) is 15.9 Å². The molecule has 0 N–H and O–H groups in total. The van der Waals surface area contributed by atoms with Crippen molar-refractivity contribution in [3.63, 3.8) is 0 Å². The molecule has 0 spiro atoms. The second-order valence-corrected chi connectivity index (χ2v) is 12.5. The molecule has 1 amide bonds. The minimum atomic E-state index is -4.27. The van der Waals surface area contributed by atoms with Crippen molar-refractivity contribution in [1.82, 2.24) is 19.7 Å². The summed E-state index contributed by atoms with van der Waals surface area (Å²) in [5.74, 6) is -0.427. The number of anilines is 1. The van der Waals surface area contributed by atoms with Gasteiger partial charge in [0.1, 0.15) is 6.54 Å². The normalized spacial score (nSPS) is 13.7. The van der Waals surface area contributed by atoms with E-state index in [2.05, 4.69) is 10.2 Å². The largest absolute Gasteiger partial charge is 0.464 e. The number of unbranched alkanes of at least 4 members (excludes halogenated alkanes) is 1. The highest BCUT2D eigenvalue weighted by atomic mass is 35.5. The Morgan fingerprint density at radius 1 is 1.00 bits per heavy atom. The number of halogens is 2. The molecule has 5 rings (SSSR count). The van der Waals surface area contributed by atoms with Gasteiger partial charge in [-0.15, -0.1) is 10.2 Å². The van der Waals surface area contributed by atoms with Crippen molar-refractivity contribution in [2.45, 2.75) is 24.7 Å². The molecule has 14 heteroatoms. The Hall–Kier alpha value is -3.71. The van der Waals surface area contributed by atoms with Crippen LogP contribution in [0.4, 0.5) is 5.69 Å². The summed E-state index contributed by atoms with van der Waals surface area (Å²) in [4.78, 5) is 27.0. The van der Waals surface area contributed by atoms with Gasteiger partial charge in [-0.2, -0.15) is 0 Å². The molecule has 0 aliphatic carbocycles. The number of hydrogen-bond acceptors (Lipinski definition) is 8. The lowest BCUT2D eigenvalue weighted by Gasteiger charge is -2.26. The molecule has 0 unspecified atom stereocenters. The van der Waals surface area contributed by atoms with Gasteiger partial charge in [0.15, 0.2) is 11.5 Å². The number of nitrogens with zero attached hydrogens (tertiary/aromatic N) is 5. The van der Waals surface area contributed by atoms with Crippen LogP contribution in [-0.4, -0.2) is 79.4 Å². The zero-order chi connectivity index (χ0) is 30.6. The first-order valence-corrected chi connectivity index (χ1v) is 15.8. The minimum absolute atomic E-state index is 0.142. The van der Waals surface area contributed by atoms with Crippen LogP contribution in [0.25, 0.3) is 16.7 Å². The molecular formula is C29H29Cl2N5O6S. The molecule has 1 fully saturated rings. The van der Waals surface area contributed by atoms with E-state index in [9.17, 15) is 18.0 Å². The number of sulfonamides is 1. The molecule has 3 heterocycles. The third-order valence-corrected chi connectivity index (χ3v) is 9.02. The van der Waals surface area contributed by atoms with Crippen LogP contribution in [0.1, 0.15) is 30.3 Å². The van der Waals surface area contributed by atoms with Crippen LogP contribution < -0.4 is 4.31 Å². The number of amides is 1. The van der Waals surface area contributed by atoms with Crippen molar-refractivity contribution in [2.24, 2.45) is 0 Å². The zero-order valence-corrected chi connectivity index (χ0v) is 25.6. The molecule has 2 aromatic heterocycles. The molecule has 0 bridgehead atoms. The number of rotatable bonds is 10. The summed E-state index contributed by atoms with van der Waals surface area (Å²) in [7, 11) is -4.27. The van der Waals surface area contributed by atoms with Crippen molar-refractivity contribution in [2.75, 3.05) is 43.8 Å². The summed E-state index contributed by atoms with van der Waals surface area (Å²) in [6, 6.07) is 14.0. The number of carbonyl (C=O) groups excluding carboxylic acids is 2. The fourth-order valence-electron chi connectivity index (χ4n) is 4.59. The van der Waals surface area contributed by atoms with Crippen molar-refractivity contribution < 1.29 is 27.5 Å². The maximum absolute atomic E-state index is 13.8. The smallest absolute Gasteiger partial charge is 0.326 e. The van der Waals surface area contributed by atoms with Crippen LogP contribution in [0.2, 0.25) is 10.0 Å². The number of fused-ring (bicyclic) bond motifs is 1. The van der Waals surface area contributed by atoms with Gasteiger partial charge < -0.3 is 14.4 Å². The van der Waals surface area contributed by atoms with Crippen LogP contribution >= 0.6 is 23.2 Å². The van der Waals surface area contributed by atoms with Crippen LogP contribution in [-0.2, 0) is 24.3 Å². The van der Waals surface area contributed by atoms with Gasteiger partial charge in [-0.25, -0.2) is 8.42 Å². The monoisotopic (exact) mass is 645 g/mol. The van der Waals surface area contributed by atoms with E-state index in [1.165, 1.54) is 18.2 Å². The fraction of sp³-hybridized carbons (Fsp3) is 0.310. The molecule has 4 aromatic rings. The Labute approximate surface area is 258 Å². The first kappa shape index (κ1) is 30.7. The molecule has 1 saturated heterocycles. The molecule has 1 aliphatic rings. The molecule has 2 aromatic carbocycles. The number of ether oxygens (including phenoxy) is 2. The van der Waals surface area contributed by atoms with E-state index in [0.717, 1.165) is 10.7 Å². The van der Waals surface area contributed by atoms with Crippen molar-refractivity contribution in [1.29, 1.82) is 0 Å². The molecule has 0 saturated carbocycles. The minimum Gasteiger partial charge on any atom is -0.464 e. The number of carbonyl (C=O) groups is 2. The number of aromatic nitrogens is 3. The SMILES string of the molecule is CCCCOC(=O)CN(c1ccc2c(ccn2-c2ccc(C(=O)N3CCOCC3)nn2)c1)S(=O)(=O)c1cc(Cl)cc(Cl)c1. The summed E-state index contributed by atoms with van der Waals surface area (Å²) in [5.41, 5.74) is 1.18. The third-order valence-electron chi connectivity index (χ3n) is 6.83. The van der Waals surface area contributed by atoms with E-state index < -0.39 is 22.5 Å². The lowest BCUT2D eigenvalue weighted by Crippen LogP contribution is -2.41. The van der Waals surface area contributed by atoms with Gasteiger partial charge in [-0.1, -0.05) is 36.5 Å². The maximum Gasteiger partial charge on any atom is 0.326 e. The van der Waals surface area contributed by atoms with Crippen LogP contribution in [0, 0.1) is 0 Å². The first-order chi connectivity index (χ1) is 20.7. The lowest BCUT2D eigenvalue weighted by molar-refractivity contribution is -0.141. The lowest BCUT2D eigenvalue weighted by atomic mass is 10.2. The standard InChI is InChI=1S/C29H29Cl2N5O6S/c1-2-3-12-42-28(37)19-36(43(39,40)24-17-21(30)16-22(31)18-24)23-4-6-26-20(15-23)8-9-35(26)27-7-5-25(32-33-27)29(38)34-10-13-41-14-11-34/h4-9,15-18H,2-3,10-14,19H2,1H3. The number of hydrogen-bond donors (Lipinski definition) is 0. The van der Waals surface area contributed by atoms with Gasteiger partial charge >= 0.3 is 5.97 Å². The molecular weight excluding hydrogens is 617 g/mol. The average Bonchev–Trinajstić information content (AvgIpc) is 3.43. The molecule has 43 heavy (non-hydrogen) atoms. The highest BCUT2D eigenvalue weighted by Crippen LogP contribution is 2.31. The van der Waals surface area contributed by atoms with Crippen molar-refractivity contribution in [3.8, 4) is 5.82 Å². The Balaban J connectivity index is 1.45. The van der Waals surface area contributed by atoms with Gasteiger partial charge in [0.2, 0.25) is 0 Å². The predicted octanol–water partition coefficient (Wildman–Crippen LogP) is 4.74. The predicted molar refractivity (Wildman–Crippen MR) is 162 cm³/mol. The maximum atomic E-state index is 13.8. The Kier molecular flexibility index (Phi) is 9.50. The van der Waals surface area contributed by atoms with E-state index in [1.54, 1.807) is 52.1 Å². The van der Waals surface area contributed by atoms with Crippen LogP contribution in [0.15, 0.2) is 65.7 Å². The summed E-state index contributed by atoms with van der Waals surface area (Å²) >= 11 is 12.2. The Morgan fingerprint density at radius 3 is 2.42 bits per heavy atom. The molecule has 0 radical (unpaired) electrons. The summed E-state index contributed by atoms with van der Waals surface area (Å²) in [6.07, 6.45) is 3.24. The number of esters is 1. The average molecular weight is 647 g/mol. The summed E-state index contributed by atoms with van der Waals surface area (Å²) in [6.45, 7) is 3.57. The Morgan fingerprint density at radius 2 is 1.74 bits per heavy atom. The van der Waals surface area contributed by atoms with Crippen LogP contribution in [0.3, 0.4) is 0 Å². The van der Waals surface area contributed by atoms with E-state index in [0.29, 0.717) is 49.4 Å². The second kappa shape index (κ2) is 13.3. The van der Waals surface area contributed by atoms with Crippen LogP contribution in [0.5, 0.6) is 0 Å². The molecule has 11 nitrogen and oxygen atoms in total. The van der Waals surface area contributed by atoms with Crippen molar-refractivity contribution >= 4 is 61.7 Å². The zero-order valence-electron chi connectivity index (χ0n) is 23.3. The van der Waals surface area contributed by atoms with E-state index in [4.69, 9.17) is 32.7 Å². The van der Waals surface area contributed by atoms with E-state index >= 15 is 0 Å². The number of benzene rings is 2. The van der Waals surface area contributed by atoms with Gasteiger partial charge in [-0.05, 0) is 61.0 Å². The highest BCUT2D eigenvalue weighted by molar-refractivity contribution is 7.92. The van der Waals surface area contributed by atoms with E-state index in [1.807, 2.05) is 6.92 Å². The molecule has 0 atom stereocenters. The number of morpholine rings is 1. The highest BCUT2D eigenvalue weighted by Gasteiger charge is 2.29. The fourth-order valence-corrected chi connectivity index (χ4v) is 6.72.